The molecule has 2 N–H and O–H groups in total. The number of nitrogens with one attached hydrogen (secondary N) is 2. The number of amides is 1. The lowest BCUT2D eigenvalue weighted by Gasteiger charge is -2.29. The van der Waals surface area contributed by atoms with Crippen LogP contribution in [-0.4, -0.2) is 24.6 Å². The van der Waals surface area contributed by atoms with E-state index >= 15 is 0 Å². The highest BCUT2D eigenvalue weighted by Crippen LogP contribution is 2.42. The Kier molecular flexibility index (Phi) is 9.64. The minimum absolute atomic E-state index is 0.0114. The van der Waals surface area contributed by atoms with Gasteiger partial charge >= 0.3 is 0 Å². The number of allylic oxidation sites excluding steroid dienone is 2. The van der Waals surface area contributed by atoms with E-state index in [1.165, 1.54) is 28.7 Å². The third-order valence-corrected chi connectivity index (χ3v) is 8.47. The molecular formula is C31H31N3O3S2. The molecular weight excluding hydrogens is 526 g/mol. The van der Waals surface area contributed by atoms with Crippen LogP contribution < -0.4 is 15.4 Å². The fourth-order valence-electron chi connectivity index (χ4n) is 4.46. The van der Waals surface area contributed by atoms with Gasteiger partial charge in [-0.15, -0.1) is 11.3 Å². The molecule has 6 nitrogen and oxygen atoms in total. The summed E-state index contributed by atoms with van der Waals surface area (Å²) >= 11 is 2.78. The van der Waals surface area contributed by atoms with Crippen LogP contribution in [0, 0.1) is 11.3 Å². The number of Topliss-reactive ketones (excluding diaryl/α,β-unsaturated/α-hetero) is 1. The maximum Gasteiger partial charge on any atom is 0.254 e. The predicted molar refractivity (Wildman–Crippen MR) is 159 cm³/mol. The fourth-order valence-corrected chi connectivity index (χ4v) is 6.29. The number of ether oxygens (including phenoxy) is 1. The van der Waals surface area contributed by atoms with Crippen LogP contribution in [0.2, 0.25) is 0 Å². The van der Waals surface area contributed by atoms with Crippen molar-refractivity contribution in [3.63, 3.8) is 0 Å². The maximum atomic E-state index is 13.6. The molecule has 3 aromatic rings. The van der Waals surface area contributed by atoms with Gasteiger partial charge in [0.05, 0.1) is 41.1 Å². The molecule has 1 aliphatic rings. The number of ketones is 1. The predicted octanol–water partition coefficient (Wildman–Crippen LogP) is 7.05. The number of nitriles is 1. The van der Waals surface area contributed by atoms with Crippen LogP contribution in [0.4, 0.5) is 5.69 Å². The van der Waals surface area contributed by atoms with Crippen molar-refractivity contribution < 1.29 is 14.3 Å². The highest BCUT2D eigenvalue weighted by atomic mass is 32.2. The molecule has 0 bridgehead atoms. The number of carbonyl (C=O) groups excluding carboxylic acids is 2. The van der Waals surface area contributed by atoms with E-state index in [4.69, 9.17) is 4.74 Å². The Hall–Kier alpha value is -3.80. The molecule has 1 aromatic heterocycles. The van der Waals surface area contributed by atoms with Crippen molar-refractivity contribution in [3.8, 4) is 11.8 Å². The molecule has 0 radical (unpaired) electrons. The van der Waals surface area contributed by atoms with Crippen LogP contribution in [0.25, 0.3) is 0 Å². The molecule has 1 atom stereocenters. The van der Waals surface area contributed by atoms with Gasteiger partial charge in [0.25, 0.3) is 5.91 Å². The summed E-state index contributed by atoms with van der Waals surface area (Å²) in [5, 5.41) is 19.0. The van der Waals surface area contributed by atoms with Crippen molar-refractivity contribution in [3.05, 3.63) is 104 Å². The zero-order valence-electron chi connectivity index (χ0n) is 22.2. The highest BCUT2D eigenvalue weighted by Gasteiger charge is 2.35. The number of rotatable bonds is 11. The minimum Gasteiger partial charge on any atom is -0.495 e. The number of thiophene rings is 1. The van der Waals surface area contributed by atoms with Gasteiger partial charge in [-0.25, -0.2) is 0 Å². The summed E-state index contributed by atoms with van der Waals surface area (Å²) in [4.78, 5) is 27.5. The van der Waals surface area contributed by atoms with Crippen LogP contribution in [0.15, 0.2) is 87.9 Å². The number of hydrogen-bond acceptors (Lipinski definition) is 7. The molecule has 39 heavy (non-hydrogen) atoms. The minimum atomic E-state index is -0.554. The average Bonchev–Trinajstić information content (AvgIpc) is 3.49. The smallest absolute Gasteiger partial charge is 0.254 e. The van der Waals surface area contributed by atoms with Crippen LogP contribution in [0.5, 0.6) is 5.75 Å². The molecule has 1 aliphatic heterocycles. The van der Waals surface area contributed by atoms with Crippen LogP contribution >= 0.6 is 23.1 Å². The van der Waals surface area contributed by atoms with Gasteiger partial charge in [0.15, 0.2) is 5.78 Å². The second kappa shape index (κ2) is 13.3. The lowest BCUT2D eigenvalue weighted by molar-refractivity contribution is -0.113. The Labute approximate surface area is 237 Å². The molecule has 0 saturated heterocycles. The quantitative estimate of drug-likeness (QED) is 0.246. The molecule has 0 fully saturated rings. The van der Waals surface area contributed by atoms with Crippen LogP contribution in [-0.2, 0) is 11.2 Å². The van der Waals surface area contributed by atoms with Gasteiger partial charge in [-0.3, -0.25) is 9.59 Å². The van der Waals surface area contributed by atoms with E-state index in [0.717, 1.165) is 24.1 Å². The summed E-state index contributed by atoms with van der Waals surface area (Å²) in [5.74, 6) is -0.164. The Morgan fingerprint density at radius 1 is 1.13 bits per heavy atom. The third-order valence-electron chi connectivity index (χ3n) is 6.52. The normalized spacial score (nSPS) is 15.0. The summed E-state index contributed by atoms with van der Waals surface area (Å²) in [6.45, 7) is 3.98. The lowest BCUT2D eigenvalue weighted by atomic mass is 9.86. The topological polar surface area (TPSA) is 91.2 Å². The van der Waals surface area contributed by atoms with Crippen molar-refractivity contribution in [2.24, 2.45) is 0 Å². The SMILES string of the molecule is CCCCc1ccc(C(=O)CSC2=C(C#N)C(c3cccs3)C(C(=O)Nc3ccccc3OC)=C(C)N2)cc1. The Bertz CT molecular complexity index is 1430. The van der Waals surface area contributed by atoms with Crippen molar-refractivity contribution in [1.82, 2.24) is 5.32 Å². The molecule has 1 amide bonds. The van der Waals surface area contributed by atoms with Gasteiger partial charge in [0, 0.05) is 21.7 Å². The van der Waals surface area contributed by atoms with E-state index in [1.54, 1.807) is 19.2 Å². The van der Waals surface area contributed by atoms with Gasteiger partial charge in [-0.05, 0) is 48.9 Å². The number of benzene rings is 2. The van der Waals surface area contributed by atoms with E-state index in [1.807, 2.05) is 60.8 Å². The number of dihydropyridines is 1. The monoisotopic (exact) mass is 557 g/mol. The molecule has 2 heterocycles. The number of anilines is 1. The van der Waals surface area contributed by atoms with Gasteiger partial charge < -0.3 is 15.4 Å². The highest BCUT2D eigenvalue weighted by molar-refractivity contribution is 8.03. The molecule has 0 saturated carbocycles. The van der Waals surface area contributed by atoms with E-state index < -0.39 is 5.92 Å². The van der Waals surface area contributed by atoms with Gasteiger partial charge in [-0.1, -0.05) is 67.6 Å². The first-order valence-corrected chi connectivity index (χ1v) is 14.7. The second-order valence-corrected chi connectivity index (χ2v) is 11.1. The molecule has 0 aliphatic carbocycles. The first-order chi connectivity index (χ1) is 19.0. The summed E-state index contributed by atoms with van der Waals surface area (Å²) < 4.78 is 5.39. The lowest BCUT2D eigenvalue weighted by Crippen LogP contribution is -2.30. The zero-order chi connectivity index (χ0) is 27.8. The Morgan fingerprint density at radius 2 is 1.90 bits per heavy atom. The summed E-state index contributed by atoms with van der Waals surface area (Å²) in [7, 11) is 1.55. The van der Waals surface area contributed by atoms with Gasteiger partial charge in [0.1, 0.15) is 5.75 Å². The summed E-state index contributed by atoms with van der Waals surface area (Å²) in [6, 6.07) is 21.1. The molecule has 0 spiro atoms. The standard InChI is InChI=1S/C31H31N3O3S2/c1-4-5-9-21-13-15-22(16-14-21)25(35)19-39-31-23(18-32)29(27-12-8-17-38-27)28(20(2)33-31)30(36)34-24-10-6-7-11-26(24)37-3/h6-8,10-17,29,33H,4-5,9,19H2,1-3H3,(H,34,36). The molecule has 2 aromatic carbocycles. The number of aryl methyl sites for hydroxylation is 1. The van der Waals surface area contributed by atoms with Gasteiger partial charge in [0.2, 0.25) is 0 Å². The number of nitrogens with zero attached hydrogens (tertiary/aromatic N) is 1. The fraction of sp³-hybridized carbons (Fsp3) is 0.258. The molecule has 200 valence electrons. The van der Waals surface area contributed by atoms with E-state index in [-0.39, 0.29) is 17.4 Å². The Morgan fingerprint density at radius 3 is 2.56 bits per heavy atom. The number of methoxy groups -OCH3 is 1. The number of unbranched alkanes of at least 4 members (excludes halogenated alkanes) is 1. The molecule has 8 heteroatoms. The van der Waals surface area contributed by atoms with Gasteiger partial charge in [-0.2, -0.15) is 5.26 Å². The van der Waals surface area contributed by atoms with E-state index in [9.17, 15) is 14.9 Å². The first-order valence-electron chi connectivity index (χ1n) is 12.8. The zero-order valence-corrected chi connectivity index (χ0v) is 23.9. The Balaban J connectivity index is 1.58. The number of carbonyl (C=O) groups is 2. The molecule has 1 unspecified atom stereocenters. The van der Waals surface area contributed by atoms with Crippen molar-refractivity contribution >= 4 is 40.5 Å². The number of hydrogen-bond donors (Lipinski definition) is 2. The third kappa shape index (κ3) is 6.62. The summed E-state index contributed by atoms with van der Waals surface area (Å²) in [6.07, 6.45) is 3.26. The number of para-hydroxylation sites is 2. The van der Waals surface area contributed by atoms with E-state index in [2.05, 4.69) is 23.6 Å². The maximum absolute atomic E-state index is 13.6. The largest absolute Gasteiger partial charge is 0.495 e. The molecule has 4 rings (SSSR count). The van der Waals surface area contributed by atoms with E-state index in [0.29, 0.717) is 38.9 Å². The van der Waals surface area contributed by atoms with Crippen molar-refractivity contribution in [1.29, 1.82) is 5.26 Å². The number of thioether (sulfide) groups is 1. The summed E-state index contributed by atoms with van der Waals surface area (Å²) in [5.41, 5.74) is 3.93. The average molecular weight is 558 g/mol. The second-order valence-electron chi connectivity index (χ2n) is 9.13. The first kappa shape index (κ1) is 28.2. The van der Waals surface area contributed by atoms with Crippen LogP contribution in [0.3, 0.4) is 0 Å². The van der Waals surface area contributed by atoms with Crippen molar-refractivity contribution in [2.75, 3.05) is 18.2 Å². The van der Waals surface area contributed by atoms with Crippen LogP contribution in [0.1, 0.15) is 53.4 Å². The van der Waals surface area contributed by atoms with Crippen molar-refractivity contribution in [2.45, 2.75) is 39.0 Å².